The lowest BCUT2D eigenvalue weighted by Crippen LogP contribution is -2.42. The van der Waals surface area contributed by atoms with E-state index in [1.165, 1.54) is 0 Å². The number of hydrogen-bond acceptors (Lipinski definition) is 4. The summed E-state index contributed by atoms with van der Waals surface area (Å²) in [5.74, 6) is 1.28. The zero-order chi connectivity index (χ0) is 21.1. The highest BCUT2D eigenvalue weighted by Crippen LogP contribution is 2.32. The summed E-state index contributed by atoms with van der Waals surface area (Å²) < 4.78 is 6.07. The average molecular weight is 411 g/mol. The Labute approximate surface area is 177 Å². The minimum Gasteiger partial charge on any atom is -0.490 e. The van der Waals surface area contributed by atoms with E-state index in [0.717, 1.165) is 67.9 Å². The number of nitrogens with zero attached hydrogens (tertiary/aromatic N) is 2. The van der Waals surface area contributed by atoms with Crippen LogP contribution in [0.5, 0.6) is 5.75 Å². The molecule has 2 amide bonds. The number of amides is 2. The molecule has 7 heteroatoms. The Bertz CT molecular complexity index is 874. The third-order valence-corrected chi connectivity index (χ3v) is 6.04. The number of H-pyrrole nitrogens is 1. The smallest absolute Gasteiger partial charge is 0.251 e. The second-order valence-electron chi connectivity index (χ2n) is 8.36. The summed E-state index contributed by atoms with van der Waals surface area (Å²) in [6.07, 6.45) is 4.69. The highest BCUT2D eigenvalue weighted by Gasteiger charge is 2.35. The van der Waals surface area contributed by atoms with Crippen LogP contribution in [0.1, 0.15) is 53.0 Å². The fourth-order valence-corrected chi connectivity index (χ4v) is 4.01. The Hall–Kier alpha value is -2.83. The van der Waals surface area contributed by atoms with E-state index >= 15 is 0 Å². The molecule has 0 bridgehead atoms. The Balaban J connectivity index is 1.22. The molecule has 0 unspecified atom stereocenters. The number of benzene rings is 1. The van der Waals surface area contributed by atoms with Crippen molar-refractivity contribution in [2.24, 2.45) is 5.92 Å². The van der Waals surface area contributed by atoms with Crippen molar-refractivity contribution < 1.29 is 14.3 Å². The van der Waals surface area contributed by atoms with Gasteiger partial charge in [0.15, 0.2) is 0 Å². The van der Waals surface area contributed by atoms with Crippen LogP contribution >= 0.6 is 0 Å². The van der Waals surface area contributed by atoms with Gasteiger partial charge in [0, 0.05) is 49.7 Å². The van der Waals surface area contributed by atoms with E-state index in [4.69, 9.17) is 4.74 Å². The van der Waals surface area contributed by atoms with Crippen LogP contribution in [0.2, 0.25) is 0 Å². The van der Waals surface area contributed by atoms with E-state index in [0.29, 0.717) is 18.0 Å². The summed E-state index contributed by atoms with van der Waals surface area (Å²) in [5, 5.41) is 10.1. The molecule has 2 fully saturated rings. The topological polar surface area (TPSA) is 87.3 Å². The molecule has 1 aliphatic carbocycles. The van der Waals surface area contributed by atoms with Crippen molar-refractivity contribution in [2.45, 2.75) is 52.1 Å². The Morgan fingerprint density at radius 2 is 1.83 bits per heavy atom. The standard InChI is InChI=1S/C23H30N4O3/c1-15-21(16(2)26-25-15)9-12-24-22(28)17-5-7-19(8-6-17)30-20-10-13-27(14-11-20)23(29)18-3-4-18/h5-8,18,20H,3-4,9-14H2,1-2H3,(H,24,28)(H,25,26). The number of aromatic amines is 1. The summed E-state index contributed by atoms with van der Waals surface area (Å²) in [6.45, 7) is 6.07. The molecule has 1 saturated heterocycles. The second kappa shape index (κ2) is 8.90. The number of rotatable bonds is 7. The van der Waals surface area contributed by atoms with Crippen LogP contribution in [0.4, 0.5) is 0 Å². The maximum Gasteiger partial charge on any atom is 0.251 e. The Morgan fingerprint density at radius 3 is 2.43 bits per heavy atom. The van der Waals surface area contributed by atoms with Gasteiger partial charge in [0.2, 0.25) is 5.91 Å². The first-order chi connectivity index (χ1) is 14.5. The number of aromatic nitrogens is 2. The number of aryl methyl sites for hydroxylation is 2. The SMILES string of the molecule is Cc1n[nH]c(C)c1CCNC(=O)c1ccc(OC2CCN(C(=O)C3CC3)CC2)cc1. The first-order valence-electron chi connectivity index (χ1n) is 10.9. The fraction of sp³-hybridized carbons (Fsp3) is 0.522. The molecule has 2 aromatic rings. The van der Waals surface area contributed by atoms with Crippen molar-refractivity contribution in [1.29, 1.82) is 0 Å². The molecule has 1 aliphatic heterocycles. The molecule has 0 atom stereocenters. The molecule has 160 valence electrons. The van der Waals surface area contributed by atoms with Gasteiger partial charge in [0.25, 0.3) is 5.91 Å². The third-order valence-electron chi connectivity index (χ3n) is 6.04. The fourth-order valence-electron chi connectivity index (χ4n) is 4.01. The van der Waals surface area contributed by atoms with Crippen molar-refractivity contribution in [3.05, 3.63) is 46.8 Å². The summed E-state index contributed by atoms with van der Waals surface area (Å²) in [4.78, 5) is 26.5. The van der Waals surface area contributed by atoms with Crippen LogP contribution in [0.3, 0.4) is 0 Å². The average Bonchev–Trinajstić information content (AvgIpc) is 3.56. The van der Waals surface area contributed by atoms with Gasteiger partial charge in [-0.05, 0) is 62.9 Å². The van der Waals surface area contributed by atoms with Crippen molar-refractivity contribution >= 4 is 11.8 Å². The highest BCUT2D eigenvalue weighted by molar-refractivity contribution is 5.94. The van der Waals surface area contributed by atoms with Gasteiger partial charge in [-0.3, -0.25) is 14.7 Å². The number of ether oxygens (including phenoxy) is 1. The number of nitrogens with one attached hydrogen (secondary N) is 2. The van der Waals surface area contributed by atoms with Gasteiger partial charge in [-0.1, -0.05) is 0 Å². The summed E-state index contributed by atoms with van der Waals surface area (Å²) >= 11 is 0. The van der Waals surface area contributed by atoms with E-state index < -0.39 is 0 Å². The first-order valence-corrected chi connectivity index (χ1v) is 10.9. The molecule has 2 heterocycles. The largest absolute Gasteiger partial charge is 0.490 e. The lowest BCUT2D eigenvalue weighted by atomic mass is 10.1. The Kier molecular flexibility index (Phi) is 6.06. The van der Waals surface area contributed by atoms with Crippen molar-refractivity contribution in [1.82, 2.24) is 20.4 Å². The van der Waals surface area contributed by atoms with Crippen LogP contribution in [0.25, 0.3) is 0 Å². The molecular formula is C23H30N4O3. The molecule has 2 N–H and O–H groups in total. The molecule has 30 heavy (non-hydrogen) atoms. The van der Waals surface area contributed by atoms with Crippen molar-refractivity contribution in [3.8, 4) is 5.75 Å². The molecule has 1 aromatic heterocycles. The molecule has 4 rings (SSSR count). The van der Waals surface area contributed by atoms with E-state index in [2.05, 4.69) is 15.5 Å². The predicted octanol–water partition coefficient (Wildman–Crippen LogP) is 2.78. The van der Waals surface area contributed by atoms with Gasteiger partial charge in [-0.25, -0.2) is 0 Å². The van der Waals surface area contributed by atoms with Gasteiger partial charge in [-0.15, -0.1) is 0 Å². The Morgan fingerprint density at radius 1 is 1.13 bits per heavy atom. The van der Waals surface area contributed by atoms with E-state index in [1.807, 2.05) is 30.9 Å². The number of carbonyl (C=O) groups excluding carboxylic acids is 2. The number of piperidine rings is 1. The van der Waals surface area contributed by atoms with Crippen LogP contribution in [0.15, 0.2) is 24.3 Å². The highest BCUT2D eigenvalue weighted by atomic mass is 16.5. The number of hydrogen-bond donors (Lipinski definition) is 2. The lowest BCUT2D eigenvalue weighted by Gasteiger charge is -2.32. The van der Waals surface area contributed by atoms with Crippen LogP contribution < -0.4 is 10.1 Å². The summed E-state index contributed by atoms with van der Waals surface area (Å²) in [6, 6.07) is 7.29. The quantitative estimate of drug-likeness (QED) is 0.735. The zero-order valence-corrected chi connectivity index (χ0v) is 17.7. The number of likely N-dealkylation sites (tertiary alicyclic amines) is 1. The molecule has 0 radical (unpaired) electrons. The maximum atomic E-state index is 12.4. The van der Waals surface area contributed by atoms with Crippen molar-refractivity contribution in [3.63, 3.8) is 0 Å². The van der Waals surface area contributed by atoms with Crippen LogP contribution in [0, 0.1) is 19.8 Å². The normalized spacial score (nSPS) is 17.1. The molecule has 1 saturated carbocycles. The predicted molar refractivity (Wildman–Crippen MR) is 113 cm³/mol. The molecule has 2 aliphatic rings. The lowest BCUT2D eigenvalue weighted by molar-refractivity contribution is -0.134. The van der Waals surface area contributed by atoms with Gasteiger partial charge in [0.05, 0.1) is 5.69 Å². The van der Waals surface area contributed by atoms with Gasteiger partial charge >= 0.3 is 0 Å². The number of carbonyl (C=O) groups is 2. The second-order valence-corrected chi connectivity index (χ2v) is 8.36. The third kappa shape index (κ3) is 4.83. The van der Waals surface area contributed by atoms with E-state index in [-0.39, 0.29) is 17.9 Å². The molecule has 7 nitrogen and oxygen atoms in total. The summed E-state index contributed by atoms with van der Waals surface area (Å²) in [5.41, 5.74) is 3.80. The first kappa shape index (κ1) is 20.4. The van der Waals surface area contributed by atoms with Gasteiger partial charge < -0.3 is 15.0 Å². The molecule has 0 spiro atoms. The van der Waals surface area contributed by atoms with Crippen LogP contribution in [-0.4, -0.2) is 52.6 Å². The van der Waals surface area contributed by atoms with Gasteiger partial charge in [-0.2, -0.15) is 5.10 Å². The van der Waals surface area contributed by atoms with Crippen molar-refractivity contribution in [2.75, 3.05) is 19.6 Å². The molecule has 1 aromatic carbocycles. The minimum atomic E-state index is -0.0905. The maximum absolute atomic E-state index is 12.4. The van der Waals surface area contributed by atoms with Gasteiger partial charge in [0.1, 0.15) is 11.9 Å². The zero-order valence-electron chi connectivity index (χ0n) is 17.7. The van der Waals surface area contributed by atoms with E-state index in [1.54, 1.807) is 12.1 Å². The molecular weight excluding hydrogens is 380 g/mol. The monoisotopic (exact) mass is 410 g/mol. The minimum absolute atomic E-state index is 0.0905. The van der Waals surface area contributed by atoms with Crippen LogP contribution in [-0.2, 0) is 11.2 Å². The van der Waals surface area contributed by atoms with E-state index in [9.17, 15) is 9.59 Å². The summed E-state index contributed by atoms with van der Waals surface area (Å²) in [7, 11) is 0.